The van der Waals surface area contributed by atoms with Gasteiger partial charge in [-0.15, -0.1) is 0 Å². The quantitative estimate of drug-likeness (QED) is 0.101. The summed E-state index contributed by atoms with van der Waals surface area (Å²) in [6, 6.07) is 0. The van der Waals surface area contributed by atoms with Crippen molar-refractivity contribution in [1.82, 2.24) is 0 Å². The third-order valence-electron chi connectivity index (χ3n) is 4.58. The Kier molecular flexibility index (Phi) is 14.3. The van der Waals surface area contributed by atoms with Crippen molar-refractivity contribution in [3.8, 4) is 0 Å². The van der Waals surface area contributed by atoms with Crippen LogP contribution in [0.25, 0.3) is 0 Å². The highest BCUT2D eigenvalue weighted by Gasteiger charge is 2.69. The minimum absolute atomic E-state index is 0.0572. The van der Waals surface area contributed by atoms with E-state index in [0.717, 1.165) is 44.9 Å². The van der Waals surface area contributed by atoms with Gasteiger partial charge in [0.2, 0.25) is 0 Å². The predicted molar refractivity (Wildman–Crippen MR) is 103 cm³/mol. The van der Waals surface area contributed by atoms with Gasteiger partial charge in [0.05, 0.1) is 0 Å². The molecule has 0 aromatic heterocycles. The third kappa shape index (κ3) is 10.1. The zero-order chi connectivity index (χ0) is 21.3. The van der Waals surface area contributed by atoms with Crippen molar-refractivity contribution in [3.63, 3.8) is 0 Å². The number of nitro groups is 3. The Hall–Kier alpha value is -2.39. The zero-order valence-electron chi connectivity index (χ0n) is 16.3. The molecule has 0 heterocycles. The van der Waals surface area contributed by atoms with Crippen LogP contribution in [-0.4, -0.2) is 26.8 Å². The van der Waals surface area contributed by atoms with Crippen molar-refractivity contribution >= 4 is 6.29 Å². The minimum atomic E-state index is -3.33. The van der Waals surface area contributed by atoms with E-state index < -0.39 is 27.0 Å². The number of hydrogen-bond donors (Lipinski definition) is 0. The van der Waals surface area contributed by atoms with Gasteiger partial charge in [-0.25, -0.2) is 0 Å². The molecule has 0 amide bonds. The summed E-state index contributed by atoms with van der Waals surface area (Å²) in [4.78, 5) is 38.2. The molecule has 0 aromatic rings. The van der Waals surface area contributed by atoms with Gasteiger partial charge in [0.15, 0.2) is 27.5 Å². The normalized spacial score (nSPS) is 11.6. The van der Waals surface area contributed by atoms with Gasteiger partial charge < -0.3 is 0 Å². The van der Waals surface area contributed by atoms with Crippen LogP contribution in [0, 0.1) is 30.3 Å². The van der Waals surface area contributed by atoms with Gasteiger partial charge in [-0.2, -0.15) is 0 Å². The fourth-order valence-corrected chi connectivity index (χ4v) is 2.85. The molecule has 0 saturated carbocycles. The number of rotatable bonds is 19. The molecule has 159 valence electrons. The topological polar surface area (TPSA) is 146 Å². The van der Waals surface area contributed by atoms with Gasteiger partial charge in [-0.05, 0) is 38.5 Å². The molecule has 10 nitrogen and oxygen atoms in total. The summed E-state index contributed by atoms with van der Waals surface area (Å²) in [5, 5.41) is 32.4. The minimum Gasteiger partial charge on any atom is -0.291 e. The van der Waals surface area contributed by atoms with Crippen LogP contribution < -0.4 is 0 Å². The van der Waals surface area contributed by atoms with E-state index in [1.54, 1.807) is 0 Å². The lowest BCUT2D eigenvalue weighted by Gasteiger charge is -2.08. The summed E-state index contributed by atoms with van der Waals surface area (Å²) in [6.45, 7) is 0. The molecular formula is C18H30N3O7. The summed E-state index contributed by atoms with van der Waals surface area (Å²) < 4.78 is 0. The van der Waals surface area contributed by atoms with Crippen molar-refractivity contribution in [2.45, 2.75) is 95.7 Å². The predicted octanol–water partition coefficient (Wildman–Crippen LogP) is 4.60. The van der Waals surface area contributed by atoms with Crippen LogP contribution in [-0.2, 0) is 4.79 Å². The van der Waals surface area contributed by atoms with E-state index >= 15 is 0 Å². The molecule has 0 rings (SSSR count). The molecule has 0 unspecified atom stereocenters. The average molecular weight is 400 g/mol. The van der Waals surface area contributed by atoms with Crippen molar-refractivity contribution in [2.24, 2.45) is 0 Å². The second kappa shape index (κ2) is 15.6. The van der Waals surface area contributed by atoms with E-state index in [2.05, 4.69) is 6.08 Å². The largest absolute Gasteiger partial charge is 0.699 e. The van der Waals surface area contributed by atoms with Gasteiger partial charge in [0.25, 0.3) is 0 Å². The van der Waals surface area contributed by atoms with Crippen molar-refractivity contribution in [1.29, 1.82) is 0 Å². The molecule has 0 spiro atoms. The highest BCUT2D eigenvalue weighted by Crippen LogP contribution is 2.21. The lowest BCUT2D eigenvalue weighted by molar-refractivity contribution is -0.970. The first kappa shape index (κ1) is 25.6. The Morgan fingerprint density at radius 1 is 0.643 bits per heavy atom. The Morgan fingerprint density at radius 2 is 1.04 bits per heavy atom. The number of nitrogens with zero attached hydrogens (tertiary/aromatic N) is 3. The molecule has 0 bridgehead atoms. The molecule has 0 N–H and O–H groups in total. The van der Waals surface area contributed by atoms with Crippen LogP contribution in [0.5, 0.6) is 0 Å². The zero-order valence-corrected chi connectivity index (χ0v) is 16.3. The molecular weight excluding hydrogens is 370 g/mol. The average Bonchev–Trinajstić information content (AvgIpc) is 2.63. The fraction of sp³-hybridized carbons (Fsp3) is 0.833. The Labute approximate surface area is 164 Å². The van der Waals surface area contributed by atoms with E-state index in [4.69, 9.17) is 0 Å². The maximum atomic E-state index is 10.8. The summed E-state index contributed by atoms with van der Waals surface area (Å²) in [6.07, 6.45) is 16.5. The molecule has 0 aliphatic heterocycles. The second-order valence-electron chi connectivity index (χ2n) is 6.77. The molecule has 10 heteroatoms. The standard InChI is InChI=1S/C18H30N3O7/c22-17-15-13-11-9-7-5-3-1-2-4-6-8-10-12-14-16-18(19(23)24,20(25)26)21(27)28/h4,6H,1-3,5,7-16H2/b6-4-. The first-order valence-corrected chi connectivity index (χ1v) is 9.83. The summed E-state index contributed by atoms with van der Waals surface area (Å²) in [5.41, 5.74) is 0. The Morgan fingerprint density at radius 3 is 1.46 bits per heavy atom. The van der Waals surface area contributed by atoms with Gasteiger partial charge in [0, 0.05) is 6.42 Å². The molecule has 0 aromatic carbocycles. The number of carbonyl (C=O) groups excluding carboxylic acids is 1. The monoisotopic (exact) mass is 400 g/mol. The fourth-order valence-electron chi connectivity index (χ4n) is 2.85. The smallest absolute Gasteiger partial charge is 0.291 e. The van der Waals surface area contributed by atoms with Crippen molar-refractivity contribution < 1.29 is 19.6 Å². The molecule has 1 radical (unpaired) electrons. The van der Waals surface area contributed by atoms with Crippen LogP contribution in [0.1, 0.15) is 89.9 Å². The summed E-state index contributed by atoms with van der Waals surface area (Å²) in [5.74, 6) is -3.33. The highest BCUT2D eigenvalue weighted by molar-refractivity contribution is 5.50. The van der Waals surface area contributed by atoms with Crippen LogP contribution in [0.2, 0.25) is 0 Å². The van der Waals surface area contributed by atoms with Gasteiger partial charge in [-0.3, -0.25) is 35.1 Å². The maximum absolute atomic E-state index is 10.8. The summed E-state index contributed by atoms with van der Waals surface area (Å²) in [7, 11) is 0. The molecule has 28 heavy (non-hydrogen) atoms. The van der Waals surface area contributed by atoms with Crippen LogP contribution in [0.3, 0.4) is 0 Å². The molecule has 0 fully saturated rings. The molecule has 0 aliphatic rings. The SMILES string of the molecule is O=[C]CCCCCCCCC/C=C\CCCCCC([N+](=O)[O-])([N+](=O)[O-])[N+](=O)[O-]. The van der Waals surface area contributed by atoms with Crippen LogP contribution in [0.15, 0.2) is 12.2 Å². The summed E-state index contributed by atoms with van der Waals surface area (Å²) >= 11 is 0. The van der Waals surface area contributed by atoms with E-state index in [1.807, 2.05) is 12.4 Å². The van der Waals surface area contributed by atoms with Gasteiger partial charge in [0.1, 0.15) is 0 Å². The number of allylic oxidation sites excluding steroid dienone is 2. The lowest BCUT2D eigenvalue weighted by Crippen LogP contribution is -2.53. The van der Waals surface area contributed by atoms with E-state index in [9.17, 15) is 35.1 Å². The van der Waals surface area contributed by atoms with E-state index in [-0.39, 0.29) is 6.42 Å². The first-order chi connectivity index (χ1) is 13.4. The van der Waals surface area contributed by atoms with E-state index in [0.29, 0.717) is 19.3 Å². The van der Waals surface area contributed by atoms with Gasteiger partial charge in [-0.1, -0.05) is 50.7 Å². The number of unbranched alkanes of at least 4 members (excludes halogenated alkanes) is 11. The highest BCUT2D eigenvalue weighted by atomic mass is 16.7. The molecule has 0 atom stereocenters. The van der Waals surface area contributed by atoms with Crippen LogP contribution in [0.4, 0.5) is 0 Å². The Balaban J connectivity index is 3.72. The number of hydrogen-bond acceptors (Lipinski definition) is 7. The maximum Gasteiger partial charge on any atom is 0.699 e. The second-order valence-corrected chi connectivity index (χ2v) is 6.77. The van der Waals surface area contributed by atoms with Gasteiger partial charge >= 0.3 is 5.79 Å². The molecule has 0 saturated heterocycles. The van der Waals surface area contributed by atoms with Crippen molar-refractivity contribution in [2.75, 3.05) is 0 Å². The first-order valence-electron chi connectivity index (χ1n) is 9.83. The lowest BCUT2D eigenvalue weighted by atomic mass is 10.1. The molecule has 0 aliphatic carbocycles. The van der Waals surface area contributed by atoms with Crippen LogP contribution >= 0.6 is 0 Å². The third-order valence-corrected chi connectivity index (χ3v) is 4.58. The van der Waals surface area contributed by atoms with Crippen molar-refractivity contribution in [3.05, 3.63) is 42.5 Å². The van der Waals surface area contributed by atoms with E-state index in [1.165, 1.54) is 12.8 Å². The Bertz CT molecular complexity index is 487.